The Balaban J connectivity index is 1.51. The highest BCUT2D eigenvalue weighted by Crippen LogP contribution is 2.35. The summed E-state index contributed by atoms with van der Waals surface area (Å²) in [6.07, 6.45) is 1.64. The van der Waals surface area contributed by atoms with Gasteiger partial charge in [0.05, 0.1) is 15.9 Å². The van der Waals surface area contributed by atoms with Crippen LogP contribution in [0.1, 0.15) is 11.1 Å². The zero-order valence-electron chi connectivity index (χ0n) is 16.1. The molecule has 8 heteroatoms. The van der Waals surface area contributed by atoms with E-state index >= 15 is 0 Å². The highest BCUT2D eigenvalue weighted by Gasteiger charge is 2.35. The first kappa shape index (κ1) is 21.1. The molecule has 6 nitrogen and oxygen atoms in total. The number of rotatable bonds is 6. The molecule has 0 radical (unpaired) electrons. The lowest BCUT2D eigenvalue weighted by molar-refractivity contribution is -0.139. The van der Waals surface area contributed by atoms with Crippen LogP contribution >= 0.6 is 27.7 Å². The van der Waals surface area contributed by atoms with Gasteiger partial charge >= 0.3 is 5.97 Å². The van der Waals surface area contributed by atoms with Crippen molar-refractivity contribution in [3.63, 3.8) is 0 Å². The van der Waals surface area contributed by atoms with Gasteiger partial charge in [-0.15, -0.1) is 0 Å². The molecular formula is C23H16BrNO5S. The Hall–Kier alpha value is -3.10. The van der Waals surface area contributed by atoms with Gasteiger partial charge in [-0.25, -0.2) is 4.79 Å². The Morgan fingerprint density at radius 3 is 2.58 bits per heavy atom. The first-order valence-electron chi connectivity index (χ1n) is 9.28. The third kappa shape index (κ3) is 4.81. The van der Waals surface area contributed by atoms with Crippen molar-refractivity contribution < 1.29 is 24.2 Å². The molecule has 0 unspecified atom stereocenters. The van der Waals surface area contributed by atoms with E-state index < -0.39 is 12.6 Å². The fraction of sp³-hybridized carbons (Fsp3) is 0.0870. The highest BCUT2D eigenvalue weighted by molar-refractivity contribution is 9.10. The van der Waals surface area contributed by atoms with Gasteiger partial charge in [-0.2, -0.15) is 0 Å². The summed E-state index contributed by atoms with van der Waals surface area (Å²) in [6, 6.07) is 18.8. The second-order valence-electron chi connectivity index (χ2n) is 6.82. The van der Waals surface area contributed by atoms with E-state index in [9.17, 15) is 14.4 Å². The van der Waals surface area contributed by atoms with Crippen LogP contribution in [-0.4, -0.2) is 33.7 Å². The molecule has 0 spiro atoms. The molecule has 31 heavy (non-hydrogen) atoms. The molecule has 3 aromatic carbocycles. The van der Waals surface area contributed by atoms with Crippen LogP contribution < -0.4 is 4.74 Å². The van der Waals surface area contributed by atoms with Crippen LogP contribution in [0.2, 0.25) is 0 Å². The quantitative estimate of drug-likeness (QED) is 0.465. The van der Waals surface area contributed by atoms with E-state index in [1.54, 1.807) is 24.3 Å². The van der Waals surface area contributed by atoms with Gasteiger partial charge in [0.2, 0.25) is 0 Å². The summed E-state index contributed by atoms with van der Waals surface area (Å²) in [5.41, 5.74) is 1.57. The molecule has 0 bridgehead atoms. The molecule has 1 heterocycles. The van der Waals surface area contributed by atoms with Crippen molar-refractivity contribution in [3.8, 4) is 5.75 Å². The molecule has 1 aliphatic heterocycles. The summed E-state index contributed by atoms with van der Waals surface area (Å²) in [5, 5.41) is 10.6. The monoisotopic (exact) mass is 497 g/mol. The number of hydrogen-bond donors (Lipinski definition) is 1. The predicted octanol–water partition coefficient (Wildman–Crippen LogP) is 5.30. The number of nitrogens with zero attached hydrogens (tertiary/aromatic N) is 1. The average Bonchev–Trinajstić information content (AvgIpc) is 3.00. The number of ether oxygens (including phenoxy) is 1. The minimum atomic E-state index is -1.07. The van der Waals surface area contributed by atoms with Gasteiger partial charge in [-0.3, -0.25) is 14.5 Å². The van der Waals surface area contributed by atoms with E-state index in [1.165, 1.54) is 4.90 Å². The molecule has 1 N–H and O–H groups in total. The smallest absolute Gasteiger partial charge is 0.341 e. The van der Waals surface area contributed by atoms with E-state index in [1.807, 2.05) is 42.5 Å². The number of halogens is 1. The highest BCUT2D eigenvalue weighted by atomic mass is 79.9. The molecule has 1 fully saturated rings. The van der Waals surface area contributed by atoms with Crippen molar-refractivity contribution in [1.82, 2.24) is 4.90 Å². The van der Waals surface area contributed by atoms with Gasteiger partial charge < -0.3 is 9.84 Å². The van der Waals surface area contributed by atoms with Crippen LogP contribution in [0.5, 0.6) is 5.75 Å². The third-order valence-electron chi connectivity index (χ3n) is 4.63. The summed E-state index contributed by atoms with van der Waals surface area (Å²) >= 11 is 4.23. The van der Waals surface area contributed by atoms with E-state index in [0.29, 0.717) is 20.7 Å². The molecular weight excluding hydrogens is 482 g/mol. The maximum atomic E-state index is 12.8. The van der Waals surface area contributed by atoms with Crippen molar-refractivity contribution in [2.45, 2.75) is 6.54 Å². The summed E-state index contributed by atoms with van der Waals surface area (Å²) in [5.74, 6) is -1.04. The number of carbonyl (C=O) groups excluding carboxylic acids is 2. The van der Waals surface area contributed by atoms with E-state index in [-0.39, 0.29) is 17.7 Å². The van der Waals surface area contributed by atoms with Crippen LogP contribution in [0.4, 0.5) is 4.79 Å². The summed E-state index contributed by atoms with van der Waals surface area (Å²) in [7, 11) is 0. The van der Waals surface area contributed by atoms with E-state index in [4.69, 9.17) is 9.84 Å². The summed E-state index contributed by atoms with van der Waals surface area (Å²) in [4.78, 5) is 37.5. The standard InChI is InChI=1S/C23H16BrNO5S/c24-18-10-14(6-8-19(18)30-13-21(26)27)11-20-22(28)25(23(29)31-20)12-15-5-7-16-3-1-2-4-17(16)9-15/h1-11H,12-13H2,(H,26,27)/b20-11-. The van der Waals surface area contributed by atoms with Gasteiger partial charge in [0.1, 0.15) is 5.75 Å². The largest absolute Gasteiger partial charge is 0.481 e. The maximum absolute atomic E-state index is 12.8. The van der Waals surface area contributed by atoms with Crippen molar-refractivity contribution in [3.05, 3.63) is 81.2 Å². The number of amides is 2. The molecule has 2 amide bonds. The van der Waals surface area contributed by atoms with Gasteiger partial charge in [0, 0.05) is 0 Å². The van der Waals surface area contributed by atoms with Crippen LogP contribution in [-0.2, 0) is 16.1 Å². The number of carbonyl (C=O) groups is 3. The first-order chi connectivity index (χ1) is 14.9. The van der Waals surface area contributed by atoms with Crippen molar-refractivity contribution in [2.24, 2.45) is 0 Å². The number of carboxylic acids is 1. The van der Waals surface area contributed by atoms with Crippen LogP contribution in [0, 0.1) is 0 Å². The normalized spacial score (nSPS) is 15.1. The van der Waals surface area contributed by atoms with Gasteiger partial charge in [-0.05, 0) is 73.9 Å². The van der Waals surface area contributed by atoms with Crippen LogP contribution in [0.3, 0.4) is 0 Å². The zero-order valence-corrected chi connectivity index (χ0v) is 18.5. The molecule has 0 aliphatic carbocycles. The van der Waals surface area contributed by atoms with Crippen LogP contribution in [0.15, 0.2) is 70.0 Å². The molecule has 4 rings (SSSR count). The Morgan fingerprint density at radius 2 is 1.84 bits per heavy atom. The lowest BCUT2D eigenvalue weighted by Crippen LogP contribution is -2.27. The predicted molar refractivity (Wildman–Crippen MR) is 123 cm³/mol. The lowest BCUT2D eigenvalue weighted by Gasteiger charge is -2.13. The fourth-order valence-corrected chi connectivity index (χ4v) is 4.52. The third-order valence-corrected chi connectivity index (χ3v) is 6.16. The Kier molecular flexibility index (Phi) is 6.11. The van der Waals surface area contributed by atoms with Crippen molar-refractivity contribution >= 4 is 61.7 Å². The minimum Gasteiger partial charge on any atom is -0.481 e. The minimum absolute atomic E-state index is 0.207. The number of benzene rings is 3. The second-order valence-corrected chi connectivity index (χ2v) is 8.67. The first-order valence-corrected chi connectivity index (χ1v) is 10.9. The molecule has 156 valence electrons. The molecule has 3 aromatic rings. The van der Waals surface area contributed by atoms with Crippen molar-refractivity contribution in [1.29, 1.82) is 0 Å². The Bertz CT molecular complexity index is 1240. The Morgan fingerprint density at radius 1 is 1.06 bits per heavy atom. The number of hydrogen-bond acceptors (Lipinski definition) is 5. The van der Waals surface area contributed by atoms with E-state index in [0.717, 1.165) is 28.1 Å². The van der Waals surface area contributed by atoms with Crippen LogP contribution in [0.25, 0.3) is 16.8 Å². The molecule has 0 aromatic heterocycles. The molecule has 1 saturated heterocycles. The average molecular weight is 498 g/mol. The molecule has 0 atom stereocenters. The zero-order chi connectivity index (χ0) is 22.0. The summed E-state index contributed by atoms with van der Waals surface area (Å²) < 4.78 is 5.73. The number of thioether (sulfide) groups is 1. The van der Waals surface area contributed by atoms with Gasteiger partial charge in [-0.1, -0.05) is 42.5 Å². The van der Waals surface area contributed by atoms with Gasteiger partial charge in [0.15, 0.2) is 6.61 Å². The number of aliphatic carboxylic acids is 1. The lowest BCUT2D eigenvalue weighted by atomic mass is 10.1. The molecule has 0 saturated carbocycles. The maximum Gasteiger partial charge on any atom is 0.341 e. The number of imide groups is 1. The summed E-state index contributed by atoms with van der Waals surface area (Å²) in [6.45, 7) is -0.246. The fourth-order valence-electron chi connectivity index (χ4n) is 3.17. The topological polar surface area (TPSA) is 83.9 Å². The van der Waals surface area contributed by atoms with Crippen molar-refractivity contribution in [2.75, 3.05) is 6.61 Å². The second kappa shape index (κ2) is 8.95. The SMILES string of the molecule is O=C(O)COc1ccc(/C=C2\SC(=O)N(Cc3ccc4ccccc4c3)C2=O)cc1Br. The Labute approximate surface area is 190 Å². The molecule has 1 aliphatic rings. The number of fused-ring (bicyclic) bond motifs is 1. The van der Waals surface area contributed by atoms with E-state index in [2.05, 4.69) is 15.9 Å². The number of carboxylic acid groups (broad SMARTS) is 1. The van der Waals surface area contributed by atoms with Gasteiger partial charge in [0.25, 0.3) is 11.1 Å².